The van der Waals surface area contributed by atoms with Gasteiger partial charge in [-0.1, -0.05) is 6.92 Å². The first-order valence-corrected chi connectivity index (χ1v) is 8.43. The summed E-state index contributed by atoms with van der Waals surface area (Å²) in [6, 6.07) is 2.91. The number of imidazole rings is 1. The Morgan fingerprint density at radius 2 is 2.09 bits per heavy atom. The third-order valence-corrected chi connectivity index (χ3v) is 4.95. The molecule has 0 spiro atoms. The number of nitrogens with one attached hydrogen (secondary N) is 1. The number of amides is 1. The molecule has 1 aromatic heterocycles. The summed E-state index contributed by atoms with van der Waals surface area (Å²) >= 11 is 0. The highest BCUT2D eigenvalue weighted by Gasteiger charge is 2.29. The number of halogens is 1. The molecule has 122 valence electrons. The molecule has 0 bridgehead atoms. The molecule has 2 aliphatic rings. The summed E-state index contributed by atoms with van der Waals surface area (Å²) in [7, 11) is 0. The first kappa shape index (κ1) is 14.5. The summed E-state index contributed by atoms with van der Waals surface area (Å²) in [5.41, 5.74) is 1.75. The van der Waals surface area contributed by atoms with Crippen LogP contribution in [0.15, 0.2) is 12.1 Å². The summed E-state index contributed by atoms with van der Waals surface area (Å²) in [4.78, 5) is 19.4. The van der Waals surface area contributed by atoms with E-state index in [0.29, 0.717) is 17.6 Å². The van der Waals surface area contributed by atoms with E-state index < -0.39 is 5.82 Å². The van der Waals surface area contributed by atoms with Crippen LogP contribution < -0.4 is 10.2 Å². The van der Waals surface area contributed by atoms with Crippen molar-refractivity contribution in [3.8, 4) is 0 Å². The molecular weight excluding hydrogens is 295 g/mol. The van der Waals surface area contributed by atoms with Gasteiger partial charge in [-0.2, -0.15) is 0 Å². The second-order valence-corrected chi connectivity index (χ2v) is 6.42. The molecular formula is C17H21FN4O. The van der Waals surface area contributed by atoms with Gasteiger partial charge in [0, 0.05) is 25.7 Å². The van der Waals surface area contributed by atoms with Crippen molar-refractivity contribution in [3.05, 3.63) is 23.5 Å². The molecule has 2 aromatic rings. The molecule has 1 unspecified atom stereocenters. The Morgan fingerprint density at radius 3 is 2.83 bits per heavy atom. The van der Waals surface area contributed by atoms with E-state index in [2.05, 4.69) is 21.7 Å². The highest BCUT2D eigenvalue weighted by molar-refractivity contribution is 6.06. The molecule has 0 saturated carbocycles. The van der Waals surface area contributed by atoms with Crippen LogP contribution in [0.1, 0.15) is 49.0 Å². The Kier molecular flexibility index (Phi) is 3.47. The van der Waals surface area contributed by atoms with E-state index in [4.69, 9.17) is 4.98 Å². The van der Waals surface area contributed by atoms with E-state index in [1.165, 1.54) is 18.6 Å². The van der Waals surface area contributed by atoms with Crippen molar-refractivity contribution in [2.75, 3.05) is 24.5 Å². The molecule has 1 amide bonds. The van der Waals surface area contributed by atoms with Gasteiger partial charge in [-0.25, -0.2) is 9.37 Å². The summed E-state index contributed by atoms with van der Waals surface area (Å²) in [6.07, 6.45) is 4.44. The quantitative estimate of drug-likeness (QED) is 0.927. The normalized spacial score (nSPS) is 21.4. The van der Waals surface area contributed by atoms with Gasteiger partial charge in [-0.05, 0) is 31.7 Å². The summed E-state index contributed by atoms with van der Waals surface area (Å²) in [5.74, 6) is 0.263. The molecule has 1 N–H and O–H groups in total. The van der Waals surface area contributed by atoms with Gasteiger partial charge in [-0.3, -0.25) is 4.79 Å². The number of piperidine rings is 1. The number of hydrogen-bond donors (Lipinski definition) is 1. The molecule has 1 fully saturated rings. The van der Waals surface area contributed by atoms with Gasteiger partial charge in [0.25, 0.3) is 5.91 Å². The number of hydrogen-bond acceptors (Lipinski definition) is 3. The summed E-state index contributed by atoms with van der Waals surface area (Å²) in [6.45, 7) is 4.60. The third-order valence-electron chi connectivity index (χ3n) is 4.95. The fraction of sp³-hybridized carbons (Fsp3) is 0.529. The average Bonchev–Trinajstić information content (AvgIpc) is 2.87. The lowest BCUT2D eigenvalue weighted by molar-refractivity contribution is 0.0952. The predicted octanol–water partition coefficient (Wildman–Crippen LogP) is 2.86. The number of anilines is 1. The monoisotopic (exact) mass is 316 g/mol. The summed E-state index contributed by atoms with van der Waals surface area (Å²) in [5, 5.41) is 2.92. The van der Waals surface area contributed by atoms with E-state index in [1.54, 1.807) is 0 Å². The van der Waals surface area contributed by atoms with Crippen LogP contribution in [-0.4, -0.2) is 35.1 Å². The molecule has 3 heterocycles. The van der Waals surface area contributed by atoms with Gasteiger partial charge >= 0.3 is 0 Å². The minimum atomic E-state index is -0.410. The number of rotatable bonds is 2. The first-order chi connectivity index (χ1) is 11.2. The maximum absolute atomic E-state index is 13.9. The molecule has 0 radical (unpaired) electrons. The molecule has 6 heteroatoms. The van der Waals surface area contributed by atoms with Crippen LogP contribution in [0.4, 0.5) is 10.3 Å². The lowest BCUT2D eigenvalue weighted by Crippen LogP contribution is -2.34. The highest BCUT2D eigenvalue weighted by Crippen LogP contribution is 2.34. The smallest absolute Gasteiger partial charge is 0.253 e. The SMILES string of the molecule is CCC1CNC(=O)c2cc(F)cc3nc(N4CCCCC4)n1c23. The zero-order valence-electron chi connectivity index (χ0n) is 13.3. The van der Waals surface area contributed by atoms with Gasteiger partial charge in [0.2, 0.25) is 5.95 Å². The van der Waals surface area contributed by atoms with Gasteiger partial charge in [-0.15, -0.1) is 0 Å². The zero-order valence-corrected chi connectivity index (χ0v) is 13.3. The van der Waals surface area contributed by atoms with Crippen LogP contribution in [0.2, 0.25) is 0 Å². The van der Waals surface area contributed by atoms with Crippen molar-refractivity contribution < 1.29 is 9.18 Å². The minimum absolute atomic E-state index is 0.146. The van der Waals surface area contributed by atoms with Crippen molar-refractivity contribution in [1.29, 1.82) is 0 Å². The molecule has 1 saturated heterocycles. The maximum atomic E-state index is 13.9. The Bertz CT molecular complexity index is 764. The van der Waals surface area contributed by atoms with Crippen LogP contribution in [0.5, 0.6) is 0 Å². The standard InChI is InChI=1S/C17H21FN4O/c1-2-12-10-19-16(23)13-8-11(18)9-14-15(13)22(12)17(20-14)21-6-4-3-5-7-21/h8-9,12H,2-7,10H2,1H3,(H,19,23). The predicted molar refractivity (Wildman–Crippen MR) is 87.4 cm³/mol. The van der Waals surface area contributed by atoms with Crippen molar-refractivity contribution in [1.82, 2.24) is 14.9 Å². The molecule has 1 aromatic carbocycles. The lowest BCUT2D eigenvalue weighted by Gasteiger charge is -2.30. The van der Waals surface area contributed by atoms with Crippen LogP contribution in [-0.2, 0) is 0 Å². The number of benzene rings is 1. The molecule has 0 aliphatic carbocycles. The molecule has 1 atom stereocenters. The zero-order chi connectivity index (χ0) is 16.0. The lowest BCUT2D eigenvalue weighted by atomic mass is 10.1. The Balaban J connectivity index is 1.98. The Labute approximate surface area is 134 Å². The second kappa shape index (κ2) is 5.51. The van der Waals surface area contributed by atoms with Crippen molar-refractivity contribution in [3.63, 3.8) is 0 Å². The average molecular weight is 316 g/mol. The van der Waals surface area contributed by atoms with E-state index in [9.17, 15) is 9.18 Å². The largest absolute Gasteiger partial charge is 0.350 e. The number of carbonyl (C=O) groups is 1. The van der Waals surface area contributed by atoms with E-state index in [-0.39, 0.29) is 11.9 Å². The van der Waals surface area contributed by atoms with Crippen LogP contribution in [0.3, 0.4) is 0 Å². The second-order valence-electron chi connectivity index (χ2n) is 6.42. The van der Waals surface area contributed by atoms with Crippen molar-refractivity contribution in [2.24, 2.45) is 0 Å². The van der Waals surface area contributed by atoms with Crippen LogP contribution in [0, 0.1) is 5.82 Å². The number of carbonyl (C=O) groups excluding carboxylic acids is 1. The van der Waals surface area contributed by atoms with Crippen molar-refractivity contribution in [2.45, 2.75) is 38.6 Å². The Hall–Kier alpha value is -2.11. The maximum Gasteiger partial charge on any atom is 0.253 e. The van der Waals surface area contributed by atoms with Crippen LogP contribution >= 0.6 is 0 Å². The number of aromatic nitrogens is 2. The minimum Gasteiger partial charge on any atom is -0.350 e. The van der Waals surface area contributed by atoms with Gasteiger partial charge in [0.15, 0.2) is 0 Å². The van der Waals surface area contributed by atoms with Gasteiger partial charge < -0.3 is 14.8 Å². The van der Waals surface area contributed by atoms with Gasteiger partial charge in [0.1, 0.15) is 5.82 Å². The van der Waals surface area contributed by atoms with E-state index >= 15 is 0 Å². The third kappa shape index (κ3) is 2.28. The highest BCUT2D eigenvalue weighted by atomic mass is 19.1. The molecule has 5 nitrogen and oxygen atoms in total. The van der Waals surface area contributed by atoms with Crippen molar-refractivity contribution >= 4 is 22.9 Å². The van der Waals surface area contributed by atoms with E-state index in [0.717, 1.165) is 43.8 Å². The fourth-order valence-corrected chi connectivity index (χ4v) is 3.74. The molecule has 2 aliphatic heterocycles. The first-order valence-electron chi connectivity index (χ1n) is 8.43. The fourth-order valence-electron chi connectivity index (χ4n) is 3.74. The number of nitrogens with zero attached hydrogens (tertiary/aromatic N) is 3. The Morgan fingerprint density at radius 1 is 1.30 bits per heavy atom. The van der Waals surface area contributed by atoms with Gasteiger partial charge in [0.05, 0.1) is 22.6 Å². The van der Waals surface area contributed by atoms with E-state index in [1.807, 2.05) is 0 Å². The van der Waals surface area contributed by atoms with Crippen LogP contribution in [0.25, 0.3) is 11.0 Å². The topological polar surface area (TPSA) is 50.2 Å². The summed E-state index contributed by atoms with van der Waals surface area (Å²) < 4.78 is 16.1. The molecule has 4 rings (SSSR count). The molecule has 23 heavy (non-hydrogen) atoms.